The van der Waals surface area contributed by atoms with Crippen LogP contribution in [0.4, 0.5) is 0 Å². The molecule has 3 aromatic rings. The number of nitriles is 1. The van der Waals surface area contributed by atoms with Crippen molar-refractivity contribution in [3.63, 3.8) is 0 Å². The summed E-state index contributed by atoms with van der Waals surface area (Å²) in [5, 5.41) is 9.33. The Labute approximate surface area is 229 Å². The van der Waals surface area contributed by atoms with Crippen LogP contribution in [0.25, 0.3) is 0 Å². The van der Waals surface area contributed by atoms with Gasteiger partial charge in [0, 0.05) is 43.3 Å². The Bertz CT molecular complexity index is 1460. The highest BCUT2D eigenvalue weighted by molar-refractivity contribution is 6.63. The largest absolute Gasteiger partial charge is 0.495 e. The second-order valence-electron chi connectivity index (χ2n) is 11.2. The van der Waals surface area contributed by atoms with Crippen LogP contribution < -0.4 is 10.2 Å². The fourth-order valence-corrected chi connectivity index (χ4v) is 5.22. The maximum atomic E-state index is 14.1. The molecule has 0 radical (unpaired) electrons. The summed E-state index contributed by atoms with van der Waals surface area (Å²) in [6.45, 7) is 13.1. The van der Waals surface area contributed by atoms with Crippen LogP contribution in [-0.2, 0) is 22.3 Å². The monoisotopic (exact) mass is 527 g/mol. The number of hydrogen-bond acceptors (Lipinski definition) is 7. The lowest BCUT2D eigenvalue weighted by Crippen LogP contribution is -2.45. The van der Waals surface area contributed by atoms with E-state index in [-0.39, 0.29) is 11.9 Å². The lowest BCUT2D eigenvalue weighted by molar-refractivity contribution is 0.00578. The SMILES string of the molecule is COc1cc(C(C)N2CCc3c(B4OC(C)(C)C(C)(C)O4)cc(Cn4ccnc4C)cc3C2=O)ncc1C#N. The van der Waals surface area contributed by atoms with Gasteiger partial charge >= 0.3 is 7.12 Å². The highest BCUT2D eigenvalue weighted by Crippen LogP contribution is 2.38. The predicted octanol–water partition coefficient (Wildman–Crippen LogP) is 3.57. The minimum absolute atomic E-state index is 0.0733. The first kappa shape index (κ1) is 26.9. The summed E-state index contributed by atoms with van der Waals surface area (Å²) >= 11 is 0. The van der Waals surface area contributed by atoms with Crippen LogP contribution >= 0.6 is 0 Å². The molecule has 5 rings (SSSR count). The van der Waals surface area contributed by atoms with Gasteiger partial charge in [-0.15, -0.1) is 0 Å². The van der Waals surface area contributed by atoms with E-state index in [1.54, 1.807) is 12.3 Å². The molecule has 0 saturated carbocycles. The Kier molecular flexibility index (Phi) is 6.77. The second kappa shape index (κ2) is 9.81. The maximum Gasteiger partial charge on any atom is 0.495 e. The van der Waals surface area contributed by atoms with Gasteiger partial charge in [0.2, 0.25) is 0 Å². The first-order valence-electron chi connectivity index (χ1n) is 13.2. The van der Waals surface area contributed by atoms with E-state index in [1.165, 1.54) is 13.3 Å². The molecule has 1 unspecified atom stereocenters. The Balaban J connectivity index is 1.54. The average molecular weight is 527 g/mol. The third-order valence-corrected chi connectivity index (χ3v) is 8.34. The van der Waals surface area contributed by atoms with Gasteiger partial charge in [-0.2, -0.15) is 5.26 Å². The number of benzene rings is 1. The van der Waals surface area contributed by atoms with Crippen molar-refractivity contribution < 1.29 is 18.8 Å². The van der Waals surface area contributed by atoms with Gasteiger partial charge < -0.3 is 23.5 Å². The summed E-state index contributed by atoms with van der Waals surface area (Å²) in [5.74, 6) is 1.27. The van der Waals surface area contributed by atoms with Crippen molar-refractivity contribution in [3.8, 4) is 11.8 Å². The molecular weight excluding hydrogens is 493 g/mol. The van der Waals surface area contributed by atoms with Gasteiger partial charge in [0.15, 0.2) is 0 Å². The third kappa shape index (κ3) is 4.70. The van der Waals surface area contributed by atoms with E-state index in [1.807, 2.05) is 58.7 Å². The van der Waals surface area contributed by atoms with Crippen LogP contribution in [0.5, 0.6) is 5.75 Å². The van der Waals surface area contributed by atoms with Crippen LogP contribution in [-0.4, -0.2) is 57.3 Å². The molecule has 0 N–H and O–H groups in total. The molecule has 0 spiro atoms. The van der Waals surface area contributed by atoms with Gasteiger partial charge in [0.25, 0.3) is 5.91 Å². The van der Waals surface area contributed by atoms with E-state index in [0.717, 1.165) is 22.4 Å². The number of aromatic nitrogens is 3. The third-order valence-electron chi connectivity index (χ3n) is 8.34. The van der Waals surface area contributed by atoms with Crippen LogP contribution in [0, 0.1) is 18.3 Å². The molecule has 1 aromatic carbocycles. The maximum absolute atomic E-state index is 14.1. The Morgan fingerprint density at radius 3 is 2.51 bits per heavy atom. The number of methoxy groups -OCH3 is 1. The zero-order valence-electron chi connectivity index (χ0n) is 23.6. The molecule has 202 valence electrons. The van der Waals surface area contributed by atoms with E-state index in [4.69, 9.17) is 14.0 Å². The number of carbonyl (C=O) groups excluding carboxylic acids is 1. The van der Waals surface area contributed by atoms with Crippen LogP contribution in [0.1, 0.15) is 79.2 Å². The predicted molar refractivity (Wildman–Crippen MR) is 147 cm³/mol. The fourth-order valence-electron chi connectivity index (χ4n) is 5.22. The number of rotatable bonds is 6. The summed E-state index contributed by atoms with van der Waals surface area (Å²) in [7, 11) is 0.946. The number of aryl methyl sites for hydroxylation is 1. The average Bonchev–Trinajstić information content (AvgIpc) is 3.40. The summed E-state index contributed by atoms with van der Waals surface area (Å²) in [6.07, 6.45) is 5.86. The van der Waals surface area contributed by atoms with Crippen molar-refractivity contribution in [1.29, 1.82) is 5.26 Å². The second-order valence-corrected chi connectivity index (χ2v) is 11.2. The van der Waals surface area contributed by atoms with E-state index in [2.05, 4.69) is 26.7 Å². The Hall–Kier alpha value is -3.68. The van der Waals surface area contributed by atoms with Gasteiger partial charge in [-0.25, -0.2) is 4.98 Å². The molecule has 0 aliphatic carbocycles. The molecular formula is C29H34BN5O4. The standard InChI is InChI=1S/C29H34BN5O4/c1-18(25-14-26(37-7)21(15-31)16-33-25)35-10-8-22-23(27(35)36)12-20(17-34-11-9-32-19(34)2)13-24(22)30-38-28(3,4)29(5,6)39-30/h9,11-14,16,18H,8,10,17H2,1-7H3. The van der Waals surface area contributed by atoms with Crippen molar-refractivity contribution in [2.24, 2.45) is 0 Å². The topological polar surface area (TPSA) is 102 Å². The fraction of sp³-hybridized carbons (Fsp3) is 0.448. The molecule has 39 heavy (non-hydrogen) atoms. The van der Waals surface area contributed by atoms with Crippen molar-refractivity contribution in [2.75, 3.05) is 13.7 Å². The van der Waals surface area contributed by atoms with E-state index < -0.39 is 18.3 Å². The molecule has 4 heterocycles. The Morgan fingerprint density at radius 2 is 1.90 bits per heavy atom. The number of fused-ring (bicyclic) bond motifs is 1. The molecule has 1 fully saturated rings. The number of amides is 1. The van der Waals surface area contributed by atoms with Gasteiger partial charge in [-0.1, -0.05) is 6.07 Å². The van der Waals surface area contributed by atoms with Crippen molar-refractivity contribution in [2.45, 2.75) is 71.8 Å². The van der Waals surface area contributed by atoms with E-state index in [0.29, 0.717) is 42.1 Å². The lowest BCUT2D eigenvalue weighted by Gasteiger charge is -2.35. The van der Waals surface area contributed by atoms with Crippen LogP contribution in [0.3, 0.4) is 0 Å². The molecule has 10 heteroatoms. The molecule has 1 saturated heterocycles. The summed E-state index contributed by atoms with van der Waals surface area (Å²) in [5.41, 5.74) is 3.50. The summed E-state index contributed by atoms with van der Waals surface area (Å²) in [6, 6.07) is 7.61. The number of pyridine rings is 1. The number of nitrogens with zero attached hydrogens (tertiary/aromatic N) is 5. The summed E-state index contributed by atoms with van der Waals surface area (Å²) in [4.78, 5) is 24.7. The minimum Gasteiger partial charge on any atom is -0.495 e. The quantitative estimate of drug-likeness (QED) is 0.452. The van der Waals surface area contributed by atoms with Gasteiger partial charge in [0.1, 0.15) is 23.2 Å². The highest BCUT2D eigenvalue weighted by Gasteiger charge is 2.52. The molecule has 0 bridgehead atoms. The van der Waals surface area contributed by atoms with Gasteiger partial charge in [-0.3, -0.25) is 9.78 Å². The number of ether oxygens (including phenoxy) is 1. The van der Waals surface area contributed by atoms with Crippen molar-refractivity contribution in [1.82, 2.24) is 19.4 Å². The van der Waals surface area contributed by atoms with E-state index in [9.17, 15) is 10.1 Å². The molecule has 1 atom stereocenters. The van der Waals surface area contributed by atoms with Crippen LogP contribution in [0.2, 0.25) is 0 Å². The molecule has 2 aliphatic heterocycles. The van der Waals surface area contributed by atoms with Crippen LogP contribution in [0.15, 0.2) is 36.8 Å². The number of imidazole rings is 1. The molecule has 2 aromatic heterocycles. The lowest BCUT2D eigenvalue weighted by atomic mass is 9.72. The van der Waals surface area contributed by atoms with E-state index >= 15 is 0 Å². The first-order valence-corrected chi connectivity index (χ1v) is 13.2. The smallest absolute Gasteiger partial charge is 0.495 e. The summed E-state index contributed by atoms with van der Waals surface area (Å²) < 4.78 is 20.3. The normalized spacial score (nSPS) is 18.6. The van der Waals surface area contributed by atoms with Crippen molar-refractivity contribution >= 4 is 18.5 Å². The number of hydrogen-bond donors (Lipinski definition) is 0. The molecule has 2 aliphatic rings. The minimum atomic E-state index is -0.575. The molecule has 9 nitrogen and oxygen atoms in total. The molecule has 1 amide bonds. The number of carbonyl (C=O) groups is 1. The van der Waals surface area contributed by atoms with Gasteiger partial charge in [0.05, 0.1) is 30.0 Å². The Morgan fingerprint density at radius 1 is 1.18 bits per heavy atom. The first-order chi connectivity index (χ1) is 18.5. The van der Waals surface area contributed by atoms with Crippen molar-refractivity contribution in [3.05, 3.63) is 70.6 Å². The van der Waals surface area contributed by atoms with Gasteiger partial charge in [-0.05, 0) is 70.6 Å². The zero-order chi connectivity index (χ0) is 28.1. The zero-order valence-corrected chi connectivity index (χ0v) is 23.6. The highest BCUT2D eigenvalue weighted by atomic mass is 16.7.